The van der Waals surface area contributed by atoms with Crippen LogP contribution < -0.4 is 0 Å². The molecule has 4 rings (SSSR count). The molecule has 0 bridgehead atoms. The third kappa shape index (κ3) is 8.78. The minimum Gasteiger partial charge on any atom is -0.504 e. The quantitative estimate of drug-likeness (QED) is 0.0380. The summed E-state index contributed by atoms with van der Waals surface area (Å²) in [6, 6.07) is -3.53. The number of phenolic OH excluding ortho intramolecular Hbond substituents is 12. The summed E-state index contributed by atoms with van der Waals surface area (Å²) in [5, 5.41) is 130. The van der Waals surface area contributed by atoms with Gasteiger partial charge in [0.1, 0.15) is 12.7 Å². The first kappa shape index (κ1) is 35.0. The lowest BCUT2D eigenvalue weighted by Crippen LogP contribution is -2.52. The molecule has 0 aliphatic heterocycles. The summed E-state index contributed by atoms with van der Waals surface area (Å²) < 4.78 is 52.0. The molecule has 4 aromatic carbocycles. The maximum atomic E-state index is 13.5. The first-order chi connectivity index (χ1) is 27.9. The second kappa shape index (κ2) is 16.3. The van der Waals surface area contributed by atoms with Gasteiger partial charge >= 0.3 is 23.9 Å². The number of ether oxygens (including phenoxy) is 4. The molecule has 0 unspecified atom stereocenters. The van der Waals surface area contributed by atoms with Crippen LogP contribution in [-0.4, -0.2) is 128 Å². The average molecular weight is 793 g/mol. The summed E-state index contributed by atoms with van der Waals surface area (Å²) in [7, 11) is 0. The molecule has 0 saturated carbocycles. The van der Waals surface area contributed by atoms with Crippen molar-refractivity contribution in [2.75, 3.05) is 6.61 Å². The van der Waals surface area contributed by atoms with Crippen LogP contribution in [0.5, 0.6) is 69.0 Å². The molecule has 4 aromatic rings. The predicted molar refractivity (Wildman–Crippen MR) is 176 cm³/mol. The highest BCUT2D eigenvalue weighted by Gasteiger charge is 2.44. The van der Waals surface area contributed by atoms with Crippen LogP contribution in [-0.2, 0) is 23.7 Å². The fourth-order valence-corrected chi connectivity index (χ4v) is 4.39. The maximum absolute atomic E-state index is 13.5. The van der Waals surface area contributed by atoms with E-state index in [1.165, 1.54) is 0 Å². The number of hydrogen-bond acceptors (Lipinski definition) is 22. The monoisotopic (exact) mass is 792 g/mol. The van der Waals surface area contributed by atoms with E-state index in [-0.39, 0.29) is 0 Å². The van der Waals surface area contributed by atoms with Gasteiger partial charge in [0.15, 0.2) is 93.6 Å². The van der Waals surface area contributed by atoms with E-state index < -0.39 is 177 Å². The molecule has 0 fully saturated rings. The van der Waals surface area contributed by atoms with Crippen molar-refractivity contribution < 1.29 is 115 Å². The van der Waals surface area contributed by atoms with Gasteiger partial charge in [-0.25, -0.2) is 19.2 Å². The van der Waals surface area contributed by atoms with Crippen LogP contribution >= 0.6 is 0 Å². The molecule has 0 amide bonds. The van der Waals surface area contributed by atoms with Gasteiger partial charge in [0, 0.05) is 0 Å². The van der Waals surface area contributed by atoms with Crippen molar-refractivity contribution in [3.63, 3.8) is 0 Å². The van der Waals surface area contributed by atoms with Gasteiger partial charge in [-0.3, -0.25) is 4.79 Å². The Balaban J connectivity index is 1.89. The topological polar surface area (TPSA) is 385 Å². The Morgan fingerprint density at radius 2 is 0.804 bits per heavy atom. The second-order valence-corrected chi connectivity index (χ2v) is 11.0. The van der Waals surface area contributed by atoms with Gasteiger partial charge in [-0.2, -0.15) is 0 Å². The Labute approximate surface area is 315 Å². The van der Waals surface area contributed by atoms with Crippen LogP contribution in [0, 0.1) is 0 Å². The lowest BCUT2D eigenvalue weighted by Gasteiger charge is -2.32. The van der Waals surface area contributed by atoms with Crippen LogP contribution in [0.2, 0.25) is 0 Å². The average Bonchev–Trinajstić information content (AvgIpc) is 3.21. The molecule has 0 aliphatic carbocycles. The summed E-state index contributed by atoms with van der Waals surface area (Å²) >= 11 is 0. The van der Waals surface area contributed by atoms with Crippen molar-refractivity contribution in [3.8, 4) is 69.0 Å². The van der Waals surface area contributed by atoms with Crippen molar-refractivity contribution in [1.82, 2.24) is 0 Å². The maximum Gasteiger partial charge on any atom is 0.339 e. The number of aliphatic hydroxyl groups is 1. The van der Waals surface area contributed by atoms with Crippen LogP contribution in [0.25, 0.3) is 0 Å². The third-order valence-corrected chi connectivity index (χ3v) is 7.16. The molecule has 22 nitrogen and oxygen atoms in total. The Kier molecular flexibility index (Phi) is 10.2. The van der Waals surface area contributed by atoms with E-state index in [0.717, 1.165) is 0 Å². The summed E-state index contributed by atoms with van der Waals surface area (Å²) in [6.07, 6.45) is -11.6. The highest BCUT2D eigenvalue weighted by Crippen LogP contribution is 2.39. The SMILES string of the molecule is [2H]c1c(C(=O)OC[C@@H](O)[C@@H](OC(=O)c2cc(O)c(O)c(O)c2[2H])[C@H](OC(=O)c2cc(O)c(O)c(O)c2[2H])[C@H](C=O)OC(=O)c2cc(O)c(O)c(O)c2[2H])cc(O)c(O)c1O. The van der Waals surface area contributed by atoms with Crippen LogP contribution in [0.3, 0.4) is 0 Å². The summed E-state index contributed by atoms with van der Waals surface area (Å²) in [5.74, 6) is -23.1. The standard InChI is InChI=1S/C34H28O22/c35-9-24(54-32(50)12-3-17(38)26(46)18(39)4-12)30(56-34(52)14-7-21(42)28(48)22(43)8-14)29(55-33(51)13-5-19(40)27(47)20(41)6-13)23(44)10-53-31(49)11-1-15(36)25(45)16(37)2-11/h1-9,23-24,29-30,36-48H,10H2/t23-,24+,29-,30-/m1/s1/i1D,3D,5D,7D. The van der Waals surface area contributed by atoms with Crippen molar-refractivity contribution in [3.05, 3.63) is 70.7 Å². The fraction of sp³-hybridized carbons (Fsp3) is 0.147. The number of rotatable bonds is 13. The number of carbonyl (C=O) groups is 5. The van der Waals surface area contributed by atoms with E-state index >= 15 is 0 Å². The molecule has 0 saturated heterocycles. The van der Waals surface area contributed by atoms with Crippen molar-refractivity contribution >= 4 is 30.2 Å². The Morgan fingerprint density at radius 1 is 0.500 bits per heavy atom. The number of esters is 4. The minimum atomic E-state index is -2.86. The molecule has 56 heavy (non-hydrogen) atoms. The lowest BCUT2D eigenvalue weighted by atomic mass is 10.0. The van der Waals surface area contributed by atoms with Crippen molar-refractivity contribution in [1.29, 1.82) is 0 Å². The largest absolute Gasteiger partial charge is 0.504 e. The highest BCUT2D eigenvalue weighted by atomic mass is 16.6. The molecular weight excluding hydrogens is 760 g/mol. The first-order valence-electron chi connectivity index (χ1n) is 16.9. The zero-order chi connectivity index (χ0) is 45.2. The zero-order valence-corrected chi connectivity index (χ0v) is 27.4. The molecule has 0 aromatic heterocycles. The van der Waals surface area contributed by atoms with Gasteiger partial charge < -0.3 is 85.3 Å². The number of aromatic hydroxyl groups is 12. The first-order valence-corrected chi connectivity index (χ1v) is 14.9. The van der Waals surface area contributed by atoms with Gasteiger partial charge in [-0.15, -0.1) is 0 Å². The molecule has 0 aliphatic rings. The van der Waals surface area contributed by atoms with E-state index in [1.807, 2.05) is 0 Å². The molecule has 0 heterocycles. The van der Waals surface area contributed by atoms with Crippen LogP contribution in [0.1, 0.15) is 46.9 Å². The number of phenols is 12. The molecule has 0 radical (unpaired) electrons. The fourth-order valence-electron chi connectivity index (χ4n) is 4.39. The number of aldehydes is 1. The van der Waals surface area contributed by atoms with Crippen molar-refractivity contribution in [2.24, 2.45) is 0 Å². The number of benzene rings is 4. The minimum absolute atomic E-state index is 0.321. The Morgan fingerprint density at radius 3 is 1.14 bits per heavy atom. The predicted octanol–water partition coefficient (Wildman–Crippen LogP) is 0.547. The molecule has 296 valence electrons. The van der Waals surface area contributed by atoms with Gasteiger partial charge in [0.25, 0.3) is 0 Å². The summed E-state index contributed by atoms with van der Waals surface area (Å²) in [6.45, 7) is -1.52. The second-order valence-electron chi connectivity index (χ2n) is 11.0. The molecule has 22 heteroatoms. The summed E-state index contributed by atoms with van der Waals surface area (Å²) in [4.78, 5) is 65.9. The Bertz CT molecular complexity index is 2440. The third-order valence-electron chi connectivity index (χ3n) is 7.16. The van der Waals surface area contributed by atoms with Crippen LogP contribution in [0.15, 0.2) is 48.4 Å². The van der Waals surface area contributed by atoms with Gasteiger partial charge in [0.05, 0.1) is 27.7 Å². The number of carbonyl (C=O) groups excluding carboxylic acids is 5. The zero-order valence-electron chi connectivity index (χ0n) is 31.4. The molecule has 0 spiro atoms. The van der Waals surface area contributed by atoms with Gasteiger partial charge in [-0.05, 0) is 48.4 Å². The smallest absolute Gasteiger partial charge is 0.339 e. The van der Waals surface area contributed by atoms with E-state index in [4.69, 9.17) is 24.4 Å². The lowest BCUT2D eigenvalue weighted by molar-refractivity contribution is -0.142. The normalized spacial score (nSPS) is 14.0. The van der Waals surface area contributed by atoms with Gasteiger partial charge in [-0.1, -0.05) is 0 Å². The van der Waals surface area contributed by atoms with E-state index in [0.29, 0.717) is 24.3 Å². The van der Waals surface area contributed by atoms with Crippen molar-refractivity contribution in [2.45, 2.75) is 24.4 Å². The van der Waals surface area contributed by atoms with Gasteiger partial charge in [0.2, 0.25) is 0 Å². The molecule has 4 atom stereocenters. The van der Waals surface area contributed by atoms with Crippen LogP contribution in [0.4, 0.5) is 0 Å². The highest BCUT2D eigenvalue weighted by molar-refractivity contribution is 5.94. The Hall–Kier alpha value is -8.01. The van der Waals surface area contributed by atoms with E-state index in [1.54, 1.807) is 0 Å². The van der Waals surface area contributed by atoms with E-state index in [9.17, 15) is 90.4 Å². The summed E-state index contributed by atoms with van der Waals surface area (Å²) in [5.41, 5.74) is -4.44. The molecular formula is C34H28O22. The van der Waals surface area contributed by atoms with E-state index in [2.05, 4.69) is 0 Å². The number of aliphatic hydroxyl groups excluding tert-OH is 1. The number of hydrogen-bond donors (Lipinski definition) is 13. The molecule has 13 N–H and O–H groups in total.